The Morgan fingerprint density at radius 2 is 1.09 bits per heavy atom. The number of phenols is 1. The molecular formula is C13H30CoN6O3. The number of benzene rings is 1. The van der Waals surface area contributed by atoms with Crippen molar-refractivity contribution in [3.8, 4) is 5.75 Å². The topological polar surface area (TPSA) is 214 Å². The van der Waals surface area contributed by atoms with Gasteiger partial charge in [-0.25, -0.2) is 4.79 Å². The molecule has 9 nitrogen and oxygen atoms in total. The zero-order chi connectivity index (χ0) is 17.8. The fraction of sp³-hybridized carbons (Fsp3) is 0.462. The first-order valence-electron chi connectivity index (χ1n) is 6.68. The monoisotopic (exact) mass is 377 g/mol. The molecule has 0 unspecified atom stereocenters. The van der Waals surface area contributed by atoms with E-state index in [2.05, 4.69) is 0 Å². The number of carbonyl (C=O) groups is 1. The van der Waals surface area contributed by atoms with Crippen molar-refractivity contribution in [2.45, 2.75) is 0 Å². The Morgan fingerprint density at radius 3 is 1.26 bits per heavy atom. The van der Waals surface area contributed by atoms with E-state index in [4.69, 9.17) is 44.6 Å². The van der Waals surface area contributed by atoms with Gasteiger partial charge in [0.05, 0.1) is 0 Å². The summed E-state index contributed by atoms with van der Waals surface area (Å²) in [6.07, 6.45) is 0. The van der Waals surface area contributed by atoms with Crippen LogP contribution >= 0.6 is 0 Å². The second-order valence-electron chi connectivity index (χ2n) is 3.55. The number of rotatable bonds is 4. The Hall–Kier alpha value is -1.24. The largest absolute Gasteiger partial charge is 0.507 e. The molecule has 0 saturated heterocycles. The fourth-order valence-electron chi connectivity index (χ4n) is 0.654. The van der Waals surface area contributed by atoms with E-state index in [1.807, 2.05) is 0 Å². The molecule has 0 spiro atoms. The smallest absolute Gasteiger partial charge is 0.339 e. The van der Waals surface area contributed by atoms with Gasteiger partial charge in [0.1, 0.15) is 11.3 Å². The van der Waals surface area contributed by atoms with E-state index in [1.165, 1.54) is 12.1 Å². The molecule has 10 heteroatoms. The molecule has 0 bridgehead atoms. The predicted octanol–water partition coefficient (Wildman–Crippen LogP) is -2.20. The SMILES string of the molecule is NCCN.NCCN.NCCN.O=C(O)c1ccccc1O.[Co]. The Bertz CT molecular complexity index is 343. The minimum atomic E-state index is -1.11. The molecule has 0 aliphatic rings. The maximum atomic E-state index is 10.3. The number of carboxylic acid groups (broad SMARTS) is 1. The van der Waals surface area contributed by atoms with Crippen LogP contribution in [0.4, 0.5) is 0 Å². The molecule has 14 N–H and O–H groups in total. The Morgan fingerprint density at radius 1 is 0.783 bits per heavy atom. The third kappa shape index (κ3) is 26.0. The average molecular weight is 377 g/mol. The minimum Gasteiger partial charge on any atom is -0.507 e. The number of hydrogen-bond acceptors (Lipinski definition) is 8. The first-order valence-corrected chi connectivity index (χ1v) is 6.68. The standard InChI is InChI=1S/C7H6O3.3C2H8N2.Co/c8-6-4-2-1-3-5(6)7(9)10;3*3-1-2-4;/h1-4,8H,(H,9,10);3*1-4H2;. The number of nitrogens with two attached hydrogens (primary N) is 6. The van der Waals surface area contributed by atoms with E-state index in [-0.39, 0.29) is 28.1 Å². The second kappa shape index (κ2) is 25.7. The summed E-state index contributed by atoms with van der Waals surface area (Å²) in [6, 6.07) is 5.81. The van der Waals surface area contributed by atoms with Gasteiger partial charge in [0.25, 0.3) is 0 Å². The predicted molar refractivity (Wildman–Crippen MR) is 89.4 cm³/mol. The normalized spacial score (nSPS) is 7.91. The van der Waals surface area contributed by atoms with Crippen LogP contribution in [0, 0.1) is 0 Å². The van der Waals surface area contributed by atoms with Crippen LogP contribution in [0.3, 0.4) is 0 Å². The molecule has 0 heterocycles. The number of para-hydroxylation sites is 1. The van der Waals surface area contributed by atoms with Gasteiger partial charge < -0.3 is 44.6 Å². The summed E-state index contributed by atoms with van der Waals surface area (Å²) in [5.41, 5.74) is 29.3. The molecule has 1 rings (SSSR count). The quantitative estimate of drug-likeness (QED) is 0.285. The molecule has 1 radical (unpaired) electrons. The summed E-state index contributed by atoms with van der Waals surface area (Å²) in [6.45, 7) is 3.58. The molecule has 139 valence electrons. The van der Waals surface area contributed by atoms with E-state index in [1.54, 1.807) is 12.1 Å². The second-order valence-corrected chi connectivity index (χ2v) is 3.55. The maximum Gasteiger partial charge on any atom is 0.339 e. The van der Waals surface area contributed by atoms with Gasteiger partial charge in [-0.15, -0.1) is 0 Å². The van der Waals surface area contributed by atoms with Gasteiger partial charge in [-0.2, -0.15) is 0 Å². The number of aromatic hydroxyl groups is 1. The first-order chi connectivity index (χ1) is 10.5. The fourth-order valence-corrected chi connectivity index (χ4v) is 0.654. The molecule has 0 aliphatic carbocycles. The minimum absolute atomic E-state index is 0. The third-order valence-corrected chi connectivity index (χ3v) is 1.63. The Balaban J connectivity index is -0.000000118. The summed E-state index contributed by atoms with van der Waals surface area (Å²) < 4.78 is 0. The molecule has 0 amide bonds. The van der Waals surface area contributed by atoms with Crippen molar-refractivity contribution in [1.29, 1.82) is 0 Å². The summed E-state index contributed by atoms with van der Waals surface area (Å²) >= 11 is 0. The van der Waals surface area contributed by atoms with Crippen molar-refractivity contribution in [3.63, 3.8) is 0 Å². The van der Waals surface area contributed by atoms with E-state index < -0.39 is 5.97 Å². The van der Waals surface area contributed by atoms with E-state index in [0.717, 1.165) is 0 Å². The zero-order valence-electron chi connectivity index (χ0n) is 13.2. The van der Waals surface area contributed by atoms with Crippen LogP contribution in [0.1, 0.15) is 10.4 Å². The Kier molecular flexibility index (Phi) is 33.2. The molecule has 0 saturated carbocycles. The first kappa shape index (κ1) is 29.7. The average Bonchev–Trinajstić information content (AvgIpc) is 2.55. The van der Waals surface area contributed by atoms with Crippen molar-refractivity contribution in [2.75, 3.05) is 39.3 Å². The number of carboxylic acids is 1. The zero-order valence-corrected chi connectivity index (χ0v) is 14.2. The summed E-state index contributed by atoms with van der Waals surface area (Å²) in [5, 5.41) is 17.3. The number of hydrogen-bond donors (Lipinski definition) is 8. The maximum absolute atomic E-state index is 10.3. The van der Waals surface area contributed by atoms with Gasteiger partial charge in [-0.1, -0.05) is 12.1 Å². The Labute approximate surface area is 147 Å². The molecule has 0 atom stereocenters. The molecule has 0 aromatic heterocycles. The van der Waals surface area contributed by atoms with Crippen LogP contribution in [-0.2, 0) is 16.8 Å². The molecule has 1 aromatic carbocycles. The van der Waals surface area contributed by atoms with Gasteiger partial charge in [-0.05, 0) is 12.1 Å². The van der Waals surface area contributed by atoms with Crippen LogP contribution in [0.25, 0.3) is 0 Å². The molecule has 0 aliphatic heterocycles. The van der Waals surface area contributed by atoms with E-state index in [9.17, 15) is 4.79 Å². The van der Waals surface area contributed by atoms with Gasteiger partial charge in [0.2, 0.25) is 0 Å². The van der Waals surface area contributed by atoms with Crippen LogP contribution in [-0.4, -0.2) is 55.5 Å². The van der Waals surface area contributed by atoms with Crippen molar-refractivity contribution < 1.29 is 31.8 Å². The van der Waals surface area contributed by atoms with Crippen LogP contribution < -0.4 is 34.4 Å². The summed E-state index contributed by atoms with van der Waals surface area (Å²) in [4.78, 5) is 10.3. The van der Waals surface area contributed by atoms with Gasteiger partial charge in [0, 0.05) is 56.0 Å². The van der Waals surface area contributed by atoms with Crippen LogP contribution in [0.2, 0.25) is 0 Å². The molecule has 0 fully saturated rings. The van der Waals surface area contributed by atoms with Crippen molar-refractivity contribution >= 4 is 5.97 Å². The van der Waals surface area contributed by atoms with Crippen LogP contribution in [0.15, 0.2) is 24.3 Å². The van der Waals surface area contributed by atoms with Crippen molar-refractivity contribution in [3.05, 3.63) is 29.8 Å². The van der Waals surface area contributed by atoms with Gasteiger partial charge in [-0.3, -0.25) is 0 Å². The molecular weight excluding hydrogens is 347 g/mol. The van der Waals surface area contributed by atoms with Gasteiger partial charge >= 0.3 is 5.97 Å². The van der Waals surface area contributed by atoms with Crippen molar-refractivity contribution in [1.82, 2.24) is 0 Å². The van der Waals surface area contributed by atoms with Crippen LogP contribution in [0.5, 0.6) is 5.75 Å². The van der Waals surface area contributed by atoms with E-state index >= 15 is 0 Å². The third-order valence-electron chi connectivity index (χ3n) is 1.63. The molecule has 23 heavy (non-hydrogen) atoms. The summed E-state index contributed by atoms with van der Waals surface area (Å²) in [7, 11) is 0. The number of aromatic carboxylic acids is 1. The van der Waals surface area contributed by atoms with E-state index in [0.29, 0.717) is 39.3 Å². The van der Waals surface area contributed by atoms with Gasteiger partial charge in [0.15, 0.2) is 0 Å². The summed E-state index contributed by atoms with van der Waals surface area (Å²) in [5.74, 6) is -1.31. The molecule has 1 aromatic rings. The van der Waals surface area contributed by atoms with Crippen molar-refractivity contribution in [2.24, 2.45) is 34.4 Å².